The van der Waals surface area contributed by atoms with E-state index in [-0.39, 0.29) is 23.9 Å². The Morgan fingerprint density at radius 2 is 2.35 bits per heavy atom. The smallest absolute Gasteiger partial charge is 0.317 e. The maximum atomic E-state index is 12.3. The monoisotopic (exact) mass is 337 g/mol. The molecule has 126 valence electrons. The second kappa shape index (κ2) is 7.16. The molecule has 1 aromatic rings. The quantitative estimate of drug-likeness (QED) is 0.713. The highest BCUT2D eigenvalue weighted by Gasteiger charge is 2.34. The third-order valence-corrected chi connectivity index (χ3v) is 5.17. The van der Waals surface area contributed by atoms with Gasteiger partial charge in [-0.2, -0.15) is 0 Å². The van der Waals surface area contributed by atoms with E-state index in [1.165, 1.54) is 11.3 Å². The number of hydrogen-bond donors (Lipinski definition) is 3. The van der Waals surface area contributed by atoms with E-state index in [1.807, 2.05) is 5.38 Å². The molecule has 4 N–H and O–H groups in total. The van der Waals surface area contributed by atoms with Crippen molar-refractivity contribution < 1.29 is 9.59 Å². The third kappa shape index (κ3) is 4.13. The zero-order valence-electron chi connectivity index (χ0n) is 13.1. The number of nitrogens with two attached hydrogens (primary N) is 1. The zero-order chi connectivity index (χ0) is 16.2. The van der Waals surface area contributed by atoms with Crippen LogP contribution in [0.3, 0.4) is 0 Å². The summed E-state index contributed by atoms with van der Waals surface area (Å²) in [6, 6.07) is 0.0231. The molecule has 0 aromatic carbocycles. The van der Waals surface area contributed by atoms with E-state index in [0.717, 1.165) is 37.8 Å². The molecule has 3 heterocycles. The fourth-order valence-corrected chi connectivity index (χ4v) is 3.83. The SMILES string of the molecule is Nc1nc(CCCNC(=O)N2C[C@@H]3CCC[C@H](C2)C(=O)N3)cs1. The maximum absolute atomic E-state index is 12.3. The van der Waals surface area contributed by atoms with Crippen molar-refractivity contribution in [1.82, 2.24) is 20.5 Å². The predicted octanol–water partition coefficient (Wildman–Crippen LogP) is 0.968. The molecule has 2 saturated heterocycles. The van der Waals surface area contributed by atoms with E-state index in [2.05, 4.69) is 15.6 Å². The Bertz CT molecular complexity index is 576. The van der Waals surface area contributed by atoms with Gasteiger partial charge in [-0.15, -0.1) is 11.3 Å². The van der Waals surface area contributed by atoms with Crippen molar-refractivity contribution in [3.8, 4) is 0 Å². The molecular formula is C15H23N5O2S. The molecule has 3 amide bonds. The standard InChI is InChI=1S/C15H23N5O2S/c16-14-19-12(9-23-14)5-2-6-17-15(22)20-7-10-3-1-4-11(8-20)18-13(10)21/h9-11H,1-8H2,(H2,16,19)(H,17,22)(H,18,21)/t10-,11+/m1/s1. The van der Waals surface area contributed by atoms with Crippen molar-refractivity contribution in [1.29, 1.82) is 0 Å². The van der Waals surface area contributed by atoms with Crippen LogP contribution in [0, 0.1) is 5.92 Å². The number of likely N-dealkylation sites (tertiary alicyclic amines) is 1. The molecule has 7 nitrogen and oxygen atoms in total. The number of urea groups is 1. The Balaban J connectivity index is 1.45. The van der Waals surface area contributed by atoms with Crippen LogP contribution in [0.1, 0.15) is 31.4 Å². The summed E-state index contributed by atoms with van der Waals surface area (Å²) in [4.78, 5) is 30.3. The first-order valence-electron chi connectivity index (χ1n) is 8.15. The van der Waals surface area contributed by atoms with Crippen molar-refractivity contribution in [3.63, 3.8) is 0 Å². The van der Waals surface area contributed by atoms with Crippen molar-refractivity contribution in [2.45, 2.75) is 38.1 Å². The molecule has 3 rings (SSSR count). The molecular weight excluding hydrogens is 314 g/mol. The van der Waals surface area contributed by atoms with Crippen molar-refractivity contribution in [2.75, 3.05) is 25.4 Å². The molecule has 0 spiro atoms. The molecule has 0 aliphatic carbocycles. The van der Waals surface area contributed by atoms with Crippen LogP contribution >= 0.6 is 11.3 Å². The number of thiazole rings is 1. The molecule has 2 bridgehead atoms. The Kier molecular flexibility index (Phi) is 5.00. The van der Waals surface area contributed by atoms with E-state index in [1.54, 1.807) is 4.90 Å². The molecule has 2 fully saturated rings. The molecule has 23 heavy (non-hydrogen) atoms. The lowest BCUT2D eigenvalue weighted by molar-refractivity contribution is -0.124. The van der Waals surface area contributed by atoms with Gasteiger partial charge < -0.3 is 21.3 Å². The van der Waals surface area contributed by atoms with Crippen molar-refractivity contribution in [2.24, 2.45) is 5.92 Å². The van der Waals surface area contributed by atoms with Gasteiger partial charge in [-0.05, 0) is 25.7 Å². The van der Waals surface area contributed by atoms with Gasteiger partial charge >= 0.3 is 6.03 Å². The van der Waals surface area contributed by atoms with Gasteiger partial charge in [0.15, 0.2) is 5.13 Å². The van der Waals surface area contributed by atoms with Gasteiger partial charge in [-0.25, -0.2) is 9.78 Å². The van der Waals surface area contributed by atoms with Gasteiger partial charge in [0.05, 0.1) is 11.6 Å². The molecule has 0 unspecified atom stereocenters. The average Bonchev–Trinajstić information content (AvgIpc) is 2.74. The third-order valence-electron chi connectivity index (χ3n) is 4.45. The molecule has 0 radical (unpaired) electrons. The molecule has 2 atom stereocenters. The van der Waals surface area contributed by atoms with E-state index in [9.17, 15) is 9.59 Å². The maximum Gasteiger partial charge on any atom is 0.317 e. The summed E-state index contributed by atoms with van der Waals surface area (Å²) in [5.41, 5.74) is 6.57. The van der Waals surface area contributed by atoms with Gasteiger partial charge in [0.2, 0.25) is 5.91 Å². The van der Waals surface area contributed by atoms with Gasteiger partial charge in [0.1, 0.15) is 0 Å². The minimum absolute atomic E-state index is 0.0637. The summed E-state index contributed by atoms with van der Waals surface area (Å²) < 4.78 is 0. The van der Waals surface area contributed by atoms with Gasteiger partial charge in [-0.1, -0.05) is 6.42 Å². The lowest BCUT2D eigenvalue weighted by Crippen LogP contribution is -2.46. The minimum atomic E-state index is -0.0730. The number of anilines is 1. The van der Waals surface area contributed by atoms with Crippen LogP contribution < -0.4 is 16.4 Å². The second-order valence-corrected chi connectivity index (χ2v) is 7.14. The Labute approximate surface area is 139 Å². The topological polar surface area (TPSA) is 100 Å². The van der Waals surface area contributed by atoms with Crippen LogP contribution in [0.4, 0.5) is 9.93 Å². The summed E-state index contributed by atoms with van der Waals surface area (Å²) >= 11 is 1.44. The zero-order valence-corrected chi connectivity index (χ0v) is 13.9. The predicted molar refractivity (Wildman–Crippen MR) is 89.1 cm³/mol. The number of nitrogens with zero attached hydrogens (tertiary/aromatic N) is 2. The van der Waals surface area contributed by atoms with Crippen LogP contribution in [0.2, 0.25) is 0 Å². The fraction of sp³-hybridized carbons (Fsp3) is 0.667. The number of aromatic nitrogens is 1. The first kappa shape index (κ1) is 16.0. The van der Waals surface area contributed by atoms with E-state index in [4.69, 9.17) is 5.73 Å². The van der Waals surface area contributed by atoms with Crippen LogP contribution in [0.5, 0.6) is 0 Å². The second-order valence-electron chi connectivity index (χ2n) is 6.25. The lowest BCUT2D eigenvalue weighted by Gasteiger charge is -2.27. The number of hydrogen-bond acceptors (Lipinski definition) is 5. The fourth-order valence-electron chi connectivity index (χ4n) is 3.23. The summed E-state index contributed by atoms with van der Waals surface area (Å²) in [7, 11) is 0. The number of aryl methyl sites for hydroxylation is 1. The summed E-state index contributed by atoms with van der Waals surface area (Å²) in [6.45, 7) is 1.73. The largest absolute Gasteiger partial charge is 0.375 e. The molecule has 1 aromatic heterocycles. The van der Waals surface area contributed by atoms with E-state index in [0.29, 0.717) is 24.8 Å². The first-order chi connectivity index (χ1) is 11.1. The minimum Gasteiger partial charge on any atom is -0.375 e. The number of nitrogens with one attached hydrogen (secondary N) is 2. The van der Waals surface area contributed by atoms with E-state index >= 15 is 0 Å². The Hall–Kier alpha value is -1.83. The van der Waals surface area contributed by atoms with Crippen LogP contribution in [-0.4, -0.2) is 47.5 Å². The normalized spacial score (nSPS) is 24.0. The van der Waals surface area contributed by atoms with Crippen molar-refractivity contribution in [3.05, 3.63) is 11.1 Å². The summed E-state index contributed by atoms with van der Waals surface area (Å²) in [5, 5.41) is 8.52. The summed E-state index contributed by atoms with van der Waals surface area (Å²) in [6.07, 6.45) is 4.51. The van der Waals surface area contributed by atoms with Gasteiger partial charge in [-0.3, -0.25) is 4.79 Å². The summed E-state index contributed by atoms with van der Waals surface area (Å²) in [5.74, 6) is 0.0372. The van der Waals surface area contributed by atoms with Gasteiger partial charge in [0, 0.05) is 31.1 Å². The molecule has 0 saturated carbocycles. The van der Waals surface area contributed by atoms with Crippen molar-refractivity contribution >= 4 is 28.4 Å². The highest BCUT2D eigenvalue weighted by molar-refractivity contribution is 7.13. The number of amides is 3. The highest BCUT2D eigenvalue weighted by atomic mass is 32.1. The number of fused-ring (bicyclic) bond motifs is 3. The Morgan fingerprint density at radius 3 is 3.13 bits per heavy atom. The van der Waals surface area contributed by atoms with Crippen LogP contribution in [-0.2, 0) is 11.2 Å². The van der Waals surface area contributed by atoms with Crippen LogP contribution in [0.15, 0.2) is 5.38 Å². The Morgan fingerprint density at radius 1 is 1.48 bits per heavy atom. The molecule has 2 aliphatic heterocycles. The number of rotatable bonds is 4. The average molecular weight is 337 g/mol. The number of carbonyl (C=O) groups is 2. The van der Waals surface area contributed by atoms with Crippen LogP contribution in [0.25, 0.3) is 0 Å². The first-order valence-corrected chi connectivity index (χ1v) is 9.03. The van der Waals surface area contributed by atoms with Gasteiger partial charge in [0.25, 0.3) is 0 Å². The molecule has 8 heteroatoms. The number of carbonyl (C=O) groups excluding carboxylic acids is 2. The van der Waals surface area contributed by atoms with E-state index < -0.39 is 0 Å². The number of nitrogen functional groups attached to an aromatic ring is 1. The molecule has 2 aliphatic rings. The highest BCUT2D eigenvalue weighted by Crippen LogP contribution is 2.21. The lowest BCUT2D eigenvalue weighted by atomic mass is 9.99.